The van der Waals surface area contributed by atoms with Crippen LogP contribution in [0, 0.1) is 6.92 Å². The number of fused-ring (bicyclic) bond motifs is 2. The van der Waals surface area contributed by atoms with E-state index in [2.05, 4.69) is 20.4 Å². The lowest BCUT2D eigenvalue weighted by Gasteiger charge is -2.09. The van der Waals surface area contributed by atoms with Gasteiger partial charge in [0.25, 0.3) is 5.91 Å². The highest BCUT2D eigenvalue weighted by molar-refractivity contribution is 5.98. The van der Waals surface area contributed by atoms with Crippen molar-refractivity contribution >= 4 is 17.4 Å². The summed E-state index contributed by atoms with van der Waals surface area (Å²) in [6.45, 7) is 2.77. The Morgan fingerprint density at radius 1 is 1.26 bits per heavy atom. The molecule has 0 radical (unpaired) electrons. The predicted octanol–water partition coefficient (Wildman–Crippen LogP) is 1.35. The zero-order valence-corrected chi connectivity index (χ0v) is 14.5. The fourth-order valence-corrected chi connectivity index (χ4v) is 3.39. The number of amides is 1. The molecule has 4 aromatic heterocycles. The smallest absolute Gasteiger partial charge is 0.254 e. The molecule has 1 amide bonds. The number of carbonyl (C=O) groups excluding carboxylic acids is 1. The number of pyridine rings is 1. The Labute approximate surface area is 153 Å². The highest BCUT2D eigenvalue weighted by Crippen LogP contribution is 2.33. The number of primary amides is 1. The summed E-state index contributed by atoms with van der Waals surface area (Å²) in [6, 6.07) is 7.65. The second-order valence-electron chi connectivity index (χ2n) is 6.40. The predicted molar refractivity (Wildman–Crippen MR) is 98.8 cm³/mol. The number of aryl methyl sites for hydroxylation is 1. The minimum Gasteiger partial charge on any atom is -0.368 e. The number of hydrogen-bond acceptors (Lipinski definition) is 6. The lowest BCUT2D eigenvalue weighted by atomic mass is 10.1. The van der Waals surface area contributed by atoms with Crippen molar-refractivity contribution in [1.29, 1.82) is 0 Å². The number of rotatable bonds is 3. The van der Waals surface area contributed by atoms with Gasteiger partial charge in [0.2, 0.25) is 0 Å². The van der Waals surface area contributed by atoms with Crippen LogP contribution in [0.2, 0.25) is 0 Å². The third-order valence-corrected chi connectivity index (χ3v) is 4.62. The van der Waals surface area contributed by atoms with Crippen LogP contribution in [0.15, 0.2) is 36.7 Å². The molecular formula is C18H16N8O. The van der Waals surface area contributed by atoms with Crippen LogP contribution in [0.4, 0.5) is 5.82 Å². The molecular weight excluding hydrogens is 344 g/mol. The quantitative estimate of drug-likeness (QED) is 0.570. The van der Waals surface area contributed by atoms with Crippen LogP contribution < -0.4 is 11.1 Å². The summed E-state index contributed by atoms with van der Waals surface area (Å²) in [6.07, 6.45) is 4.03. The van der Waals surface area contributed by atoms with Gasteiger partial charge in [-0.1, -0.05) is 6.07 Å². The average Bonchev–Trinajstić information content (AvgIpc) is 3.34. The molecule has 3 N–H and O–H groups in total. The summed E-state index contributed by atoms with van der Waals surface area (Å²) < 4.78 is 3.33. The molecule has 0 fully saturated rings. The van der Waals surface area contributed by atoms with Crippen LogP contribution in [-0.2, 0) is 6.42 Å². The molecule has 0 aliphatic carbocycles. The van der Waals surface area contributed by atoms with Crippen molar-refractivity contribution in [3.05, 3.63) is 53.5 Å². The van der Waals surface area contributed by atoms with Crippen LogP contribution in [0.1, 0.15) is 21.6 Å². The van der Waals surface area contributed by atoms with Crippen molar-refractivity contribution < 1.29 is 4.79 Å². The fourth-order valence-electron chi connectivity index (χ4n) is 3.39. The van der Waals surface area contributed by atoms with E-state index in [9.17, 15) is 4.79 Å². The molecule has 0 spiro atoms. The molecule has 0 atom stereocenters. The number of nitrogens with one attached hydrogen (secondary N) is 1. The summed E-state index contributed by atoms with van der Waals surface area (Å²) >= 11 is 0. The second kappa shape index (κ2) is 5.63. The number of aromatic nitrogens is 6. The first-order valence-electron chi connectivity index (χ1n) is 8.56. The van der Waals surface area contributed by atoms with Gasteiger partial charge in [-0.2, -0.15) is 5.10 Å². The molecule has 0 saturated carbocycles. The topological polar surface area (TPSA) is 116 Å². The van der Waals surface area contributed by atoms with Crippen LogP contribution in [0.25, 0.3) is 22.9 Å². The molecule has 0 unspecified atom stereocenters. The van der Waals surface area contributed by atoms with Crippen molar-refractivity contribution in [1.82, 2.24) is 29.4 Å². The van der Waals surface area contributed by atoms with E-state index < -0.39 is 5.91 Å². The Hall–Kier alpha value is -3.75. The molecule has 4 aromatic rings. The zero-order valence-electron chi connectivity index (χ0n) is 14.5. The normalized spacial score (nSPS) is 12.9. The number of nitrogens with two attached hydrogens (primary N) is 1. The van der Waals surface area contributed by atoms with Crippen molar-refractivity contribution in [3.63, 3.8) is 0 Å². The summed E-state index contributed by atoms with van der Waals surface area (Å²) in [7, 11) is 0. The maximum atomic E-state index is 11.7. The monoisotopic (exact) mass is 360 g/mol. The Morgan fingerprint density at radius 2 is 2.15 bits per heavy atom. The standard InChI is InChI=1S/C18H16N8O/c1-10-3-2-4-14(22-10)26-15(11-5-7-20-17(11)24-26)13-6-8-25-18(23-13)12(9-21-25)16(19)27/h2-4,6,8-9H,5,7H2,1H3,(H2,19,27)(H,20,24). The van der Waals surface area contributed by atoms with Gasteiger partial charge in [-0.05, 0) is 31.5 Å². The van der Waals surface area contributed by atoms with Crippen molar-refractivity contribution in [2.45, 2.75) is 13.3 Å². The first-order valence-corrected chi connectivity index (χ1v) is 8.56. The molecule has 0 aromatic carbocycles. The number of carbonyl (C=O) groups is 1. The van der Waals surface area contributed by atoms with Crippen LogP contribution in [0.3, 0.4) is 0 Å². The van der Waals surface area contributed by atoms with Gasteiger partial charge in [-0.25, -0.2) is 19.2 Å². The minimum absolute atomic E-state index is 0.284. The summed E-state index contributed by atoms with van der Waals surface area (Å²) in [5.74, 6) is 0.987. The van der Waals surface area contributed by atoms with Crippen molar-refractivity contribution in [3.8, 4) is 17.2 Å². The average molecular weight is 360 g/mol. The van der Waals surface area contributed by atoms with E-state index in [0.717, 1.165) is 35.7 Å². The Morgan fingerprint density at radius 3 is 2.96 bits per heavy atom. The molecule has 9 heteroatoms. The molecule has 1 aliphatic heterocycles. The summed E-state index contributed by atoms with van der Waals surface area (Å²) in [4.78, 5) is 20.9. The lowest BCUT2D eigenvalue weighted by molar-refractivity contribution is 0.100. The molecule has 1 aliphatic rings. The number of nitrogens with zero attached hydrogens (tertiary/aromatic N) is 6. The van der Waals surface area contributed by atoms with Crippen LogP contribution in [0.5, 0.6) is 0 Å². The van der Waals surface area contributed by atoms with Gasteiger partial charge >= 0.3 is 0 Å². The first-order chi connectivity index (χ1) is 13.1. The van der Waals surface area contributed by atoms with Gasteiger partial charge in [0.05, 0.1) is 17.6 Å². The van der Waals surface area contributed by atoms with E-state index >= 15 is 0 Å². The van der Waals surface area contributed by atoms with E-state index in [1.807, 2.05) is 31.2 Å². The lowest BCUT2D eigenvalue weighted by Crippen LogP contribution is -2.11. The largest absolute Gasteiger partial charge is 0.368 e. The SMILES string of the molecule is Cc1cccc(-n2nc3c(c2-c2ccn4ncc(C(N)=O)c4n2)CCN3)n1. The van der Waals surface area contributed by atoms with Gasteiger partial charge in [-0.15, -0.1) is 5.10 Å². The van der Waals surface area contributed by atoms with Gasteiger partial charge in [0.15, 0.2) is 17.3 Å². The molecule has 5 heterocycles. The molecule has 0 bridgehead atoms. The van der Waals surface area contributed by atoms with E-state index in [4.69, 9.17) is 10.8 Å². The zero-order chi connectivity index (χ0) is 18.5. The van der Waals surface area contributed by atoms with E-state index in [0.29, 0.717) is 17.2 Å². The van der Waals surface area contributed by atoms with Crippen molar-refractivity contribution in [2.75, 3.05) is 11.9 Å². The van der Waals surface area contributed by atoms with Crippen molar-refractivity contribution in [2.24, 2.45) is 5.73 Å². The molecule has 5 rings (SSSR count). The highest BCUT2D eigenvalue weighted by Gasteiger charge is 2.26. The van der Waals surface area contributed by atoms with Gasteiger partial charge in [0.1, 0.15) is 5.56 Å². The van der Waals surface area contributed by atoms with Crippen LogP contribution in [-0.4, -0.2) is 41.8 Å². The van der Waals surface area contributed by atoms with Gasteiger partial charge < -0.3 is 11.1 Å². The minimum atomic E-state index is -0.560. The highest BCUT2D eigenvalue weighted by atomic mass is 16.1. The van der Waals surface area contributed by atoms with E-state index in [-0.39, 0.29) is 5.56 Å². The van der Waals surface area contributed by atoms with E-state index in [1.165, 1.54) is 10.7 Å². The second-order valence-corrected chi connectivity index (χ2v) is 6.40. The number of anilines is 1. The molecule has 27 heavy (non-hydrogen) atoms. The summed E-state index contributed by atoms with van der Waals surface area (Å²) in [5, 5.41) is 12.1. The van der Waals surface area contributed by atoms with Gasteiger partial charge in [0, 0.05) is 24.0 Å². The Balaban J connectivity index is 1.76. The fraction of sp³-hybridized carbons (Fsp3) is 0.167. The van der Waals surface area contributed by atoms with Crippen LogP contribution >= 0.6 is 0 Å². The number of hydrogen-bond donors (Lipinski definition) is 2. The summed E-state index contributed by atoms with van der Waals surface area (Å²) in [5.41, 5.74) is 9.68. The molecule has 0 saturated heterocycles. The molecule has 9 nitrogen and oxygen atoms in total. The Bertz CT molecular complexity index is 1210. The third kappa shape index (κ3) is 2.35. The van der Waals surface area contributed by atoms with Gasteiger partial charge in [-0.3, -0.25) is 4.79 Å². The Kier molecular flexibility index (Phi) is 3.23. The third-order valence-electron chi connectivity index (χ3n) is 4.62. The maximum Gasteiger partial charge on any atom is 0.254 e. The molecule has 134 valence electrons. The maximum absolute atomic E-state index is 11.7. The van der Waals surface area contributed by atoms with E-state index in [1.54, 1.807) is 10.9 Å². The first kappa shape index (κ1) is 15.5.